The quantitative estimate of drug-likeness (QED) is 0.526. The zero-order chi connectivity index (χ0) is 17.8. The standard InChI is InChI=1S/C23H14ClNO/c24-18-14-15-23-21(16-18)25-20(19-11-5-7-13-22(19)26-23)12-6-4-10-17-8-2-1-3-9-17/h1-3,5,7-9,11,13-16,20,25H/t20-/m1/s1. The van der Waals surface area contributed by atoms with Crippen LogP contribution in [0, 0.1) is 23.7 Å². The molecule has 1 heterocycles. The first-order valence-electron chi connectivity index (χ1n) is 8.19. The SMILES string of the molecule is Clc1ccc2c(c1)N[C@H](C#CC#Cc1ccccc1)c1ccccc1O2. The van der Waals surface area contributed by atoms with Gasteiger partial charge in [0.25, 0.3) is 0 Å². The van der Waals surface area contributed by atoms with Gasteiger partial charge in [0.15, 0.2) is 5.75 Å². The maximum atomic E-state index is 6.13. The highest BCUT2D eigenvalue weighted by Gasteiger charge is 2.21. The third-order valence-electron chi connectivity index (χ3n) is 3.95. The first-order chi connectivity index (χ1) is 12.8. The van der Waals surface area contributed by atoms with Crippen LogP contribution in [0.25, 0.3) is 0 Å². The first-order valence-corrected chi connectivity index (χ1v) is 8.57. The Kier molecular flexibility index (Phi) is 4.52. The highest BCUT2D eigenvalue weighted by Crippen LogP contribution is 2.40. The molecule has 3 aromatic rings. The van der Waals surface area contributed by atoms with Crippen LogP contribution in [-0.4, -0.2) is 0 Å². The fraction of sp³-hybridized carbons (Fsp3) is 0.0435. The lowest BCUT2D eigenvalue weighted by Gasteiger charge is -2.12. The molecule has 0 spiro atoms. The smallest absolute Gasteiger partial charge is 0.150 e. The summed E-state index contributed by atoms with van der Waals surface area (Å²) in [6, 6.07) is 22.9. The van der Waals surface area contributed by atoms with E-state index in [4.69, 9.17) is 16.3 Å². The van der Waals surface area contributed by atoms with Gasteiger partial charge in [-0.15, -0.1) is 0 Å². The molecule has 26 heavy (non-hydrogen) atoms. The molecular weight excluding hydrogens is 342 g/mol. The normalized spacial score (nSPS) is 14.0. The van der Waals surface area contributed by atoms with E-state index < -0.39 is 0 Å². The molecule has 2 nitrogen and oxygen atoms in total. The summed E-state index contributed by atoms with van der Waals surface area (Å²) in [7, 11) is 0. The Hall–Kier alpha value is -3.33. The van der Waals surface area contributed by atoms with Crippen molar-refractivity contribution in [3.8, 4) is 35.2 Å². The summed E-state index contributed by atoms with van der Waals surface area (Å²) in [6.07, 6.45) is 0. The second kappa shape index (κ2) is 7.28. The van der Waals surface area contributed by atoms with E-state index in [1.807, 2.05) is 72.8 Å². The molecule has 0 saturated carbocycles. The van der Waals surface area contributed by atoms with Gasteiger partial charge in [-0.2, -0.15) is 0 Å². The summed E-state index contributed by atoms with van der Waals surface area (Å²) in [6.45, 7) is 0. The fourth-order valence-corrected chi connectivity index (χ4v) is 2.89. The van der Waals surface area contributed by atoms with Crippen LogP contribution < -0.4 is 10.1 Å². The van der Waals surface area contributed by atoms with Gasteiger partial charge in [-0.05, 0) is 48.2 Å². The van der Waals surface area contributed by atoms with Crippen LogP contribution >= 0.6 is 11.6 Å². The van der Waals surface area contributed by atoms with Crippen molar-refractivity contribution in [3.05, 3.63) is 88.9 Å². The number of rotatable bonds is 0. The maximum Gasteiger partial charge on any atom is 0.150 e. The molecule has 0 saturated heterocycles. The molecule has 0 unspecified atom stereocenters. The number of para-hydroxylation sites is 1. The number of hydrogen-bond donors (Lipinski definition) is 1. The maximum absolute atomic E-state index is 6.13. The summed E-state index contributed by atoms with van der Waals surface area (Å²) in [5.74, 6) is 13.6. The van der Waals surface area contributed by atoms with Crippen molar-refractivity contribution in [1.29, 1.82) is 0 Å². The van der Waals surface area contributed by atoms with E-state index in [-0.39, 0.29) is 6.04 Å². The number of nitrogens with one attached hydrogen (secondary N) is 1. The fourth-order valence-electron chi connectivity index (χ4n) is 2.71. The number of ether oxygens (including phenoxy) is 1. The second-order valence-electron chi connectivity index (χ2n) is 5.74. The molecule has 0 bridgehead atoms. The van der Waals surface area contributed by atoms with E-state index in [0.29, 0.717) is 5.02 Å². The minimum Gasteiger partial charge on any atom is -0.455 e. The third-order valence-corrected chi connectivity index (χ3v) is 4.19. The molecule has 1 aliphatic rings. The minimum atomic E-state index is -0.240. The van der Waals surface area contributed by atoms with Crippen molar-refractivity contribution < 1.29 is 4.74 Å². The Bertz CT molecular complexity index is 1070. The molecular formula is C23H14ClNO. The average molecular weight is 356 g/mol. The van der Waals surface area contributed by atoms with Gasteiger partial charge in [0.05, 0.1) is 5.69 Å². The summed E-state index contributed by atoms with van der Waals surface area (Å²) >= 11 is 6.13. The zero-order valence-corrected chi connectivity index (χ0v) is 14.5. The van der Waals surface area contributed by atoms with Crippen LogP contribution in [0.15, 0.2) is 72.8 Å². The van der Waals surface area contributed by atoms with Crippen LogP contribution in [0.1, 0.15) is 17.2 Å². The van der Waals surface area contributed by atoms with E-state index in [9.17, 15) is 0 Å². The number of halogens is 1. The lowest BCUT2D eigenvalue weighted by Crippen LogP contribution is -2.07. The van der Waals surface area contributed by atoms with Crippen LogP contribution in [0.4, 0.5) is 5.69 Å². The predicted molar refractivity (Wildman–Crippen MR) is 105 cm³/mol. The van der Waals surface area contributed by atoms with Gasteiger partial charge in [-0.3, -0.25) is 0 Å². The number of anilines is 1. The Morgan fingerprint density at radius 3 is 2.54 bits per heavy atom. The Morgan fingerprint density at radius 1 is 0.846 bits per heavy atom. The molecule has 1 aliphatic heterocycles. The summed E-state index contributed by atoms with van der Waals surface area (Å²) < 4.78 is 6.04. The van der Waals surface area contributed by atoms with Crippen LogP contribution in [0.2, 0.25) is 5.02 Å². The van der Waals surface area contributed by atoms with E-state index >= 15 is 0 Å². The highest BCUT2D eigenvalue weighted by atomic mass is 35.5. The zero-order valence-electron chi connectivity index (χ0n) is 13.8. The molecule has 3 heteroatoms. The number of fused-ring (bicyclic) bond motifs is 2. The van der Waals surface area contributed by atoms with Crippen molar-refractivity contribution in [1.82, 2.24) is 0 Å². The van der Waals surface area contributed by atoms with E-state index in [1.54, 1.807) is 0 Å². The van der Waals surface area contributed by atoms with Gasteiger partial charge < -0.3 is 10.1 Å². The number of benzene rings is 3. The van der Waals surface area contributed by atoms with Crippen molar-refractivity contribution in [2.24, 2.45) is 0 Å². The Morgan fingerprint density at radius 2 is 1.65 bits per heavy atom. The molecule has 0 radical (unpaired) electrons. The molecule has 1 N–H and O–H groups in total. The van der Waals surface area contributed by atoms with Crippen LogP contribution in [0.5, 0.6) is 11.5 Å². The van der Waals surface area contributed by atoms with Gasteiger partial charge >= 0.3 is 0 Å². The van der Waals surface area contributed by atoms with Crippen molar-refractivity contribution >= 4 is 17.3 Å². The molecule has 4 rings (SSSR count). The minimum absolute atomic E-state index is 0.240. The van der Waals surface area contributed by atoms with Gasteiger partial charge in [-0.1, -0.05) is 59.8 Å². The average Bonchev–Trinajstić information content (AvgIpc) is 2.82. The van der Waals surface area contributed by atoms with Crippen LogP contribution in [0.3, 0.4) is 0 Å². The van der Waals surface area contributed by atoms with Crippen molar-refractivity contribution in [2.75, 3.05) is 5.32 Å². The molecule has 0 aromatic heterocycles. The molecule has 1 atom stereocenters. The topological polar surface area (TPSA) is 21.3 Å². The lowest BCUT2D eigenvalue weighted by atomic mass is 10.1. The monoisotopic (exact) mass is 355 g/mol. The Balaban J connectivity index is 1.69. The second-order valence-corrected chi connectivity index (χ2v) is 6.18. The largest absolute Gasteiger partial charge is 0.455 e. The van der Waals surface area contributed by atoms with Crippen molar-refractivity contribution in [3.63, 3.8) is 0 Å². The number of hydrogen-bond acceptors (Lipinski definition) is 2. The third kappa shape index (κ3) is 3.52. The van der Waals surface area contributed by atoms with E-state index in [2.05, 4.69) is 29.0 Å². The predicted octanol–water partition coefficient (Wildman–Crippen LogP) is 5.65. The van der Waals surface area contributed by atoms with Gasteiger partial charge in [0.2, 0.25) is 0 Å². The summed E-state index contributed by atoms with van der Waals surface area (Å²) in [5.41, 5.74) is 2.72. The molecule has 0 amide bonds. The summed E-state index contributed by atoms with van der Waals surface area (Å²) in [4.78, 5) is 0. The van der Waals surface area contributed by atoms with Gasteiger partial charge in [0, 0.05) is 16.1 Å². The van der Waals surface area contributed by atoms with Gasteiger partial charge in [-0.25, -0.2) is 0 Å². The first kappa shape index (κ1) is 16.2. The molecule has 3 aromatic carbocycles. The van der Waals surface area contributed by atoms with Crippen LogP contribution in [-0.2, 0) is 0 Å². The Labute approximate surface area is 157 Å². The summed E-state index contributed by atoms with van der Waals surface area (Å²) in [5, 5.41) is 4.04. The highest BCUT2D eigenvalue weighted by molar-refractivity contribution is 6.30. The van der Waals surface area contributed by atoms with Crippen molar-refractivity contribution in [2.45, 2.75) is 6.04 Å². The van der Waals surface area contributed by atoms with E-state index in [1.165, 1.54) is 0 Å². The lowest BCUT2D eigenvalue weighted by molar-refractivity contribution is 0.483. The van der Waals surface area contributed by atoms with E-state index in [0.717, 1.165) is 28.3 Å². The molecule has 0 fully saturated rings. The molecule has 124 valence electrons. The molecule has 0 aliphatic carbocycles. The van der Waals surface area contributed by atoms with Gasteiger partial charge in [0.1, 0.15) is 11.8 Å².